The van der Waals surface area contributed by atoms with Gasteiger partial charge in [0, 0.05) is 37.0 Å². The van der Waals surface area contributed by atoms with Crippen LogP contribution in [0.25, 0.3) is 0 Å². The molecule has 6 heterocycles. The Balaban J connectivity index is 1.36. The summed E-state index contributed by atoms with van der Waals surface area (Å²) in [5.74, 6) is -0.0123. The highest BCUT2D eigenvalue weighted by molar-refractivity contribution is 5.92. The average Bonchev–Trinajstić information content (AvgIpc) is 3.60. The van der Waals surface area contributed by atoms with Gasteiger partial charge in [-0.2, -0.15) is 0 Å². The number of esters is 2. The van der Waals surface area contributed by atoms with Crippen LogP contribution in [-0.2, 0) is 19.0 Å². The number of methoxy groups -OCH3 is 5. The molecule has 5 saturated heterocycles. The van der Waals surface area contributed by atoms with Gasteiger partial charge in [-0.05, 0) is 49.2 Å². The van der Waals surface area contributed by atoms with Crippen LogP contribution < -0.4 is 23.8 Å². The first-order valence-corrected chi connectivity index (χ1v) is 14.8. The number of fused-ring (bicyclic) bond motifs is 2. The van der Waals surface area contributed by atoms with E-state index < -0.39 is 23.1 Å². The zero-order chi connectivity index (χ0) is 31.1. The van der Waals surface area contributed by atoms with Gasteiger partial charge in [-0.25, -0.2) is 4.79 Å². The van der Waals surface area contributed by atoms with Gasteiger partial charge >= 0.3 is 11.9 Å². The molecule has 0 radical (unpaired) electrons. The monoisotopic (exact) mass is 606 g/mol. The van der Waals surface area contributed by atoms with E-state index in [4.69, 9.17) is 33.2 Å². The van der Waals surface area contributed by atoms with Crippen molar-refractivity contribution >= 4 is 17.6 Å². The Labute approximate surface area is 256 Å². The highest BCUT2D eigenvalue weighted by Crippen LogP contribution is 2.74. The second-order valence-corrected chi connectivity index (χ2v) is 12.1. The molecule has 8 atom stereocenters. The van der Waals surface area contributed by atoms with Crippen LogP contribution in [0, 0.1) is 17.3 Å². The minimum Gasteiger partial charge on any atom is -0.497 e. The molecule has 1 aliphatic carbocycles. The summed E-state index contributed by atoms with van der Waals surface area (Å²) in [5.41, 5.74) is 1.57. The van der Waals surface area contributed by atoms with E-state index >= 15 is 0 Å². The fourth-order valence-electron chi connectivity index (χ4n) is 9.08. The molecule has 11 nitrogen and oxygen atoms in total. The molecule has 7 aliphatic rings. The normalized spacial score (nSPS) is 34.4. The SMILES string of the molecule is C/C=C1/CN2[C@H]3C[C@@H]1[C@@](COC(=O)c1cc(OC)c(OC)c(OC)c1)(C(=O)OC)[C@@H]1[C@H]4c5cc(OC)ccc5N(C)[C@@]43O[C@@H]12. The van der Waals surface area contributed by atoms with Gasteiger partial charge in [0.05, 0.1) is 47.2 Å². The molecular formula is C33H38N2O9. The number of allylic oxidation sites excluding steroid dienone is 1. The minimum atomic E-state index is -1.21. The van der Waals surface area contributed by atoms with E-state index in [1.165, 1.54) is 28.4 Å². The zero-order valence-corrected chi connectivity index (χ0v) is 26.0. The van der Waals surface area contributed by atoms with Crippen molar-refractivity contribution in [2.45, 2.75) is 37.3 Å². The fourth-order valence-corrected chi connectivity index (χ4v) is 9.08. The fraction of sp³-hybridized carbons (Fsp3) is 0.515. The highest BCUT2D eigenvalue weighted by Gasteiger charge is 2.82. The van der Waals surface area contributed by atoms with Gasteiger partial charge in [0.2, 0.25) is 5.75 Å². The molecule has 44 heavy (non-hydrogen) atoms. The number of nitrogens with zero attached hydrogens (tertiary/aromatic N) is 2. The summed E-state index contributed by atoms with van der Waals surface area (Å²) in [6.07, 6.45) is 2.38. The van der Waals surface area contributed by atoms with Gasteiger partial charge in [0.1, 0.15) is 24.0 Å². The number of carbonyl (C=O) groups is 2. The Kier molecular flexibility index (Phi) is 6.56. The lowest BCUT2D eigenvalue weighted by atomic mass is 9.61. The lowest BCUT2D eigenvalue weighted by molar-refractivity contribution is -0.167. The third-order valence-electron chi connectivity index (χ3n) is 10.8. The maximum Gasteiger partial charge on any atom is 0.338 e. The topological polar surface area (TPSA) is 105 Å². The van der Waals surface area contributed by atoms with Crippen LogP contribution in [0.15, 0.2) is 42.0 Å². The number of ether oxygens (including phenoxy) is 7. The van der Waals surface area contributed by atoms with Gasteiger partial charge in [0.15, 0.2) is 17.2 Å². The molecule has 0 N–H and O–H groups in total. The van der Waals surface area contributed by atoms with E-state index in [2.05, 4.69) is 35.1 Å². The first kappa shape index (κ1) is 28.8. The summed E-state index contributed by atoms with van der Waals surface area (Å²) in [7, 11) is 9.60. The van der Waals surface area contributed by atoms with E-state index in [1.54, 1.807) is 19.2 Å². The molecule has 2 aromatic rings. The van der Waals surface area contributed by atoms with Crippen molar-refractivity contribution in [1.29, 1.82) is 0 Å². The van der Waals surface area contributed by atoms with E-state index in [-0.39, 0.29) is 42.2 Å². The minimum absolute atomic E-state index is 0.0307. The third kappa shape index (κ3) is 3.39. The summed E-state index contributed by atoms with van der Waals surface area (Å²) in [5, 5.41) is 0. The van der Waals surface area contributed by atoms with Crippen LogP contribution in [0.5, 0.6) is 23.0 Å². The summed E-state index contributed by atoms with van der Waals surface area (Å²) >= 11 is 0. The summed E-state index contributed by atoms with van der Waals surface area (Å²) < 4.78 is 40.8. The summed E-state index contributed by atoms with van der Waals surface area (Å²) in [4.78, 5) is 32.8. The Morgan fingerprint density at radius 2 is 1.75 bits per heavy atom. The largest absolute Gasteiger partial charge is 0.497 e. The van der Waals surface area contributed by atoms with Crippen molar-refractivity contribution in [3.63, 3.8) is 0 Å². The van der Waals surface area contributed by atoms with Crippen molar-refractivity contribution < 1.29 is 42.7 Å². The van der Waals surface area contributed by atoms with Crippen LogP contribution >= 0.6 is 0 Å². The molecule has 0 aromatic heterocycles. The molecule has 11 heteroatoms. The van der Waals surface area contributed by atoms with E-state index in [0.717, 1.165) is 22.6 Å². The molecule has 234 valence electrons. The Hall–Kier alpha value is -3.96. The molecular weight excluding hydrogens is 568 g/mol. The molecule has 6 bridgehead atoms. The lowest BCUT2D eigenvalue weighted by Crippen LogP contribution is -2.60. The van der Waals surface area contributed by atoms with Crippen molar-refractivity contribution in [3.05, 3.63) is 53.1 Å². The van der Waals surface area contributed by atoms with Gasteiger partial charge in [-0.1, -0.05) is 11.6 Å². The third-order valence-corrected chi connectivity index (χ3v) is 10.8. The first-order chi connectivity index (χ1) is 21.2. The smallest absolute Gasteiger partial charge is 0.338 e. The molecule has 6 aliphatic heterocycles. The van der Waals surface area contributed by atoms with Crippen LogP contribution in [0.4, 0.5) is 5.69 Å². The number of hydrogen-bond acceptors (Lipinski definition) is 11. The number of hydrogen-bond donors (Lipinski definition) is 0. The maximum absolute atomic E-state index is 14.4. The summed E-state index contributed by atoms with van der Waals surface area (Å²) in [6, 6.07) is 9.19. The molecule has 1 unspecified atom stereocenters. The van der Waals surface area contributed by atoms with Crippen LogP contribution in [0.3, 0.4) is 0 Å². The van der Waals surface area contributed by atoms with Crippen LogP contribution in [0.2, 0.25) is 0 Å². The van der Waals surface area contributed by atoms with Gasteiger partial charge in [-0.3, -0.25) is 9.69 Å². The van der Waals surface area contributed by atoms with Crippen molar-refractivity contribution in [2.75, 3.05) is 60.6 Å². The van der Waals surface area contributed by atoms with E-state index in [9.17, 15) is 9.59 Å². The standard InChI is InChI=1S/C33H38N2O9/c1-8-17-15-35-25-14-21(17)32(31(37)42-7,16-43-30(36)18-11-23(39-4)28(41-6)24(12-18)40-5)27-26-20-13-19(38-3)9-10-22(20)34(2)33(25,26)44-29(27)35/h8-13,21,25-27,29H,14-16H2,1-7H3/b17-8-/t21-,25-,26+,27+,29-,32+,33-/m0/s1. The average molecular weight is 607 g/mol. The van der Waals surface area contributed by atoms with Crippen molar-refractivity contribution in [2.24, 2.45) is 17.3 Å². The van der Waals surface area contributed by atoms with Gasteiger partial charge in [-0.15, -0.1) is 0 Å². The molecule has 1 saturated carbocycles. The molecule has 0 amide bonds. The lowest BCUT2D eigenvalue weighted by Gasteiger charge is -2.46. The number of rotatable bonds is 8. The first-order valence-electron chi connectivity index (χ1n) is 14.8. The predicted molar refractivity (Wildman–Crippen MR) is 158 cm³/mol. The molecule has 1 spiro atoms. The van der Waals surface area contributed by atoms with E-state index in [0.29, 0.717) is 30.2 Å². The number of carbonyl (C=O) groups excluding carboxylic acids is 2. The molecule has 2 aromatic carbocycles. The van der Waals surface area contributed by atoms with Gasteiger partial charge < -0.3 is 38.1 Å². The Morgan fingerprint density at radius 1 is 1.02 bits per heavy atom. The number of benzene rings is 2. The van der Waals surface area contributed by atoms with E-state index in [1.807, 2.05) is 13.0 Å². The Morgan fingerprint density at radius 3 is 2.36 bits per heavy atom. The number of likely N-dealkylation sites (N-methyl/N-ethyl adjacent to an activating group) is 1. The van der Waals surface area contributed by atoms with Gasteiger partial charge in [0.25, 0.3) is 0 Å². The quantitative estimate of drug-likeness (QED) is 0.325. The number of anilines is 1. The van der Waals surface area contributed by atoms with Crippen LogP contribution in [0.1, 0.15) is 35.2 Å². The van der Waals surface area contributed by atoms with Crippen molar-refractivity contribution in [3.8, 4) is 23.0 Å². The second kappa shape index (κ2) is 10.0. The van der Waals surface area contributed by atoms with Crippen molar-refractivity contribution in [1.82, 2.24) is 4.90 Å². The second-order valence-electron chi connectivity index (χ2n) is 12.1. The Bertz CT molecular complexity index is 1550. The predicted octanol–water partition coefficient (Wildman–Crippen LogP) is 3.60. The maximum atomic E-state index is 14.4. The molecule has 9 rings (SSSR count). The number of piperidine rings is 2. The molecule has 6 fully saturated rings. The highest BCUT2D eigenvalue weighted by atomic mass is 16.6. The zero-order valence-electron chi connectivity index (χ0n) is 26.0. The summed E-state index contributed by atoms with van der Waals surface area (Å²) in [6.45, 7) is 2.49. The van der Waals surface area contributed by atoms with Crippen LogP contribution in [-0.4, -0.2) is 90.6 Å².